The first-order chi connectivity index (χ1) is 7.54. The van der Waals surface area contributed by atoms with Crippen LogP contribution in [0.2, 0.25) is 5.02 Å². The van der Waals surface area contributed by atoms with Crippen LogP contribution in [0.3, 0.4) is 0 Å². The Balaban J connectivity index is 2.77. The summed E-state index contributed by atoms with van der Waals surface area (Å²) in [7, 11) is 0. The van der Waals surface area contributed by atoms with Gasteiger partial charge in [0.2, 0.25) is 5.91 Å². The van der Waals surface area contributed by atoms with E-state index in [1.165, 1.54) is 0 Å². The van der Waals surface area contributed by atoms with Crippen molar-refractivity contribution in [1.29, 1.82) is 0 Å². The van der Waals surface area contributed by atoms with Crippen molar-refractivity contribution in [3.05, 3.63) is 28.3 Å². The van der Waals surface area contributed by atoms with Crippen molar-refractivity contribution in [2.45, 2.75) is 26.7 Å². The molecule has 0 aliphatic rings. The predicted octanol–water partition coefficient (Wildman–Crippen LogP) is 3.91. The minimum Gasteiger partial charge on any atom is -0.325 e. The van der Waals surface area contributed by atoms with Gasteiger partial charge in [0.1, 0.15) is 0 Å². The molecule has 0 saturated heterocycles. The molecule has 1 rings (SSSR count). The maximum absolute atomic E-state index is 11.5. The third-order valence-corrected chi connectivity index (χ3v) is 2.80. The summed E-state index contributed by atoms with van der Waals surface area (Å²) in [5.74, 6) is 0.447. The number of benzene rings is 1. The van der Waals surface area contributed by atoms with Crippen LogP contribution in [0.1, 0.15) is 24.0 Å². The highest BCUT2D eigenvalue weighted by Crippen LogP contribution is 2.27. The van der Waals surface area contributed by atoms with E-state index in [-0.39, 0.29) is 5.91 Å². The summed E-state index contributed by atoms with van der Waals surface area (Å²) in [5.41, 5.74) is 2.76. The first kappa shape index (κ1) is 13.3. The molecule has 1 aromatic rings. The number of carbonyl (C=O) groups excluding carboxylic acids is 1. The summed E-state index contributed by atoms with van der Waals surface area (Å²) in [6.07, 6.45) is 1.10. The van der Waals surface area contributed by atoms with Crippen LogP contribution in [-0.4, -0.2) is 11.8 Å². The number of anilines is 1. The van der Waals surface area contributed by atoms with Crippen molar-refractivity contribution in [2.75, 3.05) is 11.2 Å². The predicted molar refractivity (Wildman–Crippen MR) is 69.5 cm³/mol. The van der Waals surface area contributed by atoms with E-state index in [0.717, 1.165) is 11.1 Å². The van der Waals surface area contributed by atoms with E-state index >= 15 is 0 Å². The zero-order chi connectivity index (χ0) is 12.1. The lowest BCUT2D eigenvalue weighted by atomic mass is 10.1. The highest BCUT2D eigenvalue weighted by molar-refractivity contribution is 6.34. The smallest absolute Gasteiger partial charge is 0.224 e. The average Bonchev–Trinajstić information content (AvgIpc) is 2.20. The Hall–Kier alpha value is -0.730. The Morgan fingerprint density at radius 3 is 2.62 bits per heavy atom. The second-order valence-electron chi connectivity index (χ2n) is 3.78. The van der Waals surface area contributed by atoms with Gasteiger partial charge in [-0.15, -0.1) is 11.6 Å². The Morgan fingerprint density at radius 2 is 2.06 bits per heavy atom. The number of rotatable bonds is 4. The second-order valence-corrected chi connectivity index (χ2v) is 4.56. The summed E-state index contributed by atoms with van der Waals surface area (Å²) in [4.78, 5) is 11.5. The molecule has 4 heteroatoms. The van der Waals surface area contributed by atoms with Crippen LogP contribution in [-0.2, 0) is 4.79 Å². The number of alkyl halides is 1. The standard InChI is InChI=1S/C12H15Cl2NO/c1-8-6-9(2)12(10(14)7-8)15-11(16)4-3-5-13/h6-7H,3-5H2,1-2H3,(H,15,16). The molecular formula is C12H15Cl2NO. The Bertz CT molecular complexity index is 368. The summed E-state index contributed by atoms with van der Waals surface area (Å²) >= 11 is 11.6. The van der Waals surface area contributed by atoms with E-state index in [2.05, 4.69) is 5.32 Å². The lowest BCUT2D eigenvalue weighted by Crippen LogP contribution is -2.12. The highest BCUT2D eigenvalue weighted by Gasteiger charge is 2.08. The fraction of sp³-hybridized carbons (Fsp3) is 0.417. The number of hydrogen-bond donors (Lipinski definition) is 1. The third kappa shape index (κ3) is 3.69. The molecule has 0 radical (unpaired) electrons. The van der Waals surface area contributed by atoms with Crippen molar-refractivity contribution >= 4 is 34.8 Å². The van der Waals surface area contributed by atoms with Crippen molar-refractivity contribution < 1.29 is 4.79 Å². The van der Waals surface area contributed by atoms with Crippen LogP contribution in [0, 0.1) is 13.8 Å². The van der Waals surface area contributed by atoms with Gasteiger partial charge in [0.05, 0.1) is 10.7 Å². The number of aryl methyl sites for hydroxylation is 2. The summed E-state index contributed by atoms with van der Waals surface area (Å²) in [5, 5.41) is 3.39. The fourth-order valence-electron chi connectivity index (χ4n) is 1.50. The van der Waals surface area contributed by atoms with Gasteiger partial charge >= 0.3 is 0 Å². The largest absolute Gasteiger partial charge is 0.325 e. The maximum atomic E-state index is 11.5. The SMILES string of the molecule is Cc1cc(C)c(NC(=O)CCCCl)c(Cl)c1. The summed E-state index contributed by atoms with van der Waals surface area (Å²) in [6, 6.07) is 3.83. The molecule has 0 aromatic heterocycles. The van der Waals surface area contributed by atoms with E-state index in [4.69, 9.17) is 23.2 Å². The Morgan fingerprint density at radius 1 is 1.38 bits per heavy atom. The number of amides is 1. The van der Waals surface area contributed by atoms with Gasteiger partial charge in [-0.3, -0.25) is 4.79 Å². The number of halogens is 2. The van der Waals surface area contributed by atoms with Crippen LogP contribution in [0.25, 0.3) is 0 Å². The van der Waals surface area contributed by atoms with Crippen LogP contribution in [0.15, 0.2) is 12.1 Å². The van der Waals surface area contributed by atoms with Crippen LogP contribution in [0.4, 0.5) is 5.69 Å². The van der Waals surface area contributed by atoms with E-state index in [1.807, 2.05) is 26.0 Å². The van der Waals surface area contributed by atoms with Gasteiger partial charge in [0, 0.05) is 12.3 Å². The molecule has 0 aliphatic carbocycles. The minimum atomic E-state index is -0.0468. The molecule has 2 nitrogen and oxygen atoms in total. The van der Waals surface area contributed by atoms with Crippen molar-refractivity contribution in [2.24, 2.45) is 0 Å². The van der Waals surface area contributed by atoms with Crippen LogP contribution < -0.4 is 5.32 Å². The Kier molecular flexibility index (Phi) is 5.10. The van der Waals surface area contributed by atoms with Gasteiger partial charge in [0.25, 0.3) is 0 Å². The zero-order valence-corrected chi connectivity index (χ0v) is 11.0. The molecule has 88 valence electrons. The molecule has 0 atom stereocenters. The van der Waals surface area contributed by atoms with E-state index in [1.54, 1.807) is 0 Å². The van der Waals surface area contributed by atoms with E-state index in [0.29, 0.717) is 29.4 Å². The van der Waals surface area contributed by atoms with E-state index in [9.17, 15) is 4.79 Å². The lowest BCUT2D eigenvalue weighted by molar-refractivity contribution is -0.116. The summed E-state index contributed by atoms with van der Waals surface area (Å²) < 4.78 is 0. The molecule has 1 amide bonds. The molecule has 0 bridgehead atoms. The number of hydrogen-bond acceptors (Lipinski definition) is 1. The number of carbonyl (C=O) groups is 1. The van der Waals surface area contributed by atoms with E-state index < -0.39 is 0 Å². The fourth-order valence-corrected chi connectivity index (χ4v) is 2.01. The van der Waals surface area contributed by atoms with Gasteiger partial charge in [-0.05, 0) is 37.5 Å². The first-order valence-electron chi connectivity index (χ1n) is 5.17. The molecule has 0 spiro atoms. The molecule has 16 heavy (non-hydrogen) atoms. The van der Waals surface area contributed by atoms with Gasteiger partial charge in [-0.25, -0.2) is 0 Å². The van der Waals surface area contributed by atoms with Crippen molar-refractivity contribution in [1.82, 2.24) is 0 Å². The molecule has 0 saturated carbocycles. The highest BCUT2D eigenvalue weighted by atomic mass is 35.5. The molecule has 0 aliphatic heterocycles. The first-order valence-corrected chi connectivity index (χ1v) is 6.08. The lowest BCUT2D eigenvalue weighted by Gasteiger charge is -2.11. The molecule has 1 N–H and O–H groups in total. The van der Waals surface area contributed by atoms with Gasteiger partial charge in [-0.1, -0.05) is 17.7 Å². The average molecular weight is 260 g/mol. The van der Waals surface area contributed by atoms with Crippen molar-refractivity contribution in [3.63, 3.8) is 0 Å². The van der Waals surface area contributed by atoms with Crippen molar-refractivity contribution in [3.8, 4) is 0 Å². The minimum absolute atomic E-state index is 0.0468. The van der Waals surface area contributed by atoms with Crippen LogP contribution >= 0.6 is 23.2 Å². The third-order valence-electron chi connectivity index (χ3n) is 2.23. The molecular weight excluding hydrogens is 245 g/mol. The molecule has 0 unspecified atom stereocenters. The second kappa shape index (κ2) is 6.12. The van der Waals surface area contributed by atoms with Gasteiger partial charge < -0.3 is 5.32 Å². The monoisotopic (exact) mass is 259 g/mol. The Labute approximate surface area is 106 Å². The number of nitrogens with one attached hydrogen (secondary N) is 1. The van der Waals surface area contributed by atoms with Gasteiger partial charge in [0.15, 0.2) is 0 Å². The van der Waals surface area contributed by atoms with Gasteiger partial charge in [-0.2, -0.15) is 0 Å². The molecule has 0 heterocycles. The molecule has 1 aromatic carbocycles. The molecule has 0 fully saturated rings. The quantitative estimate of drug-likeness (QED) is 0.817. The topological polar surface area (TPSA) is 29.1 Å². The summed E-state index contributed by atoms with van der Waals surface area (Å²) in [6.45, 7) is 3.90. The maximum Gasteiger partial charge on any atom is 0.224 e. The van der Waals surface area contributed by atoms with Crippen LogP contribution in [0.5, 0.6) is 0 Å². The normalized spacial score (nSPS) is 10.2. The zero-order valence-electron chi connectivity index (χ0n) is 9.44.